The quantitative estimate of drug-likeness (QED) is 0.427. The third-order valence-corrected chi connectivity index (χ3v) is 0.305. The van der Waals surface area contributed by atoms with Crippen LogP contribution in [0.1, 0.15) is 0 Å². The van der Waals surface area contributed by atoms with Crippen molar-refractivity contribution in [3.63, 3.8) is 0 Å². The molecule has 0 amide bonds. The van der Waals surface area contributed by atoms with E-state index in [0.29, 0.717) is 0 Å². The first-order valence-electron chi connectivity index (χ1n) is 1.18. The molecule has 0 spiro atoms. The summed E-state index contributed by atoms with van der Waals surface area (Å²) in [5, 5.41) is 7.76. The minimum atomic E-state index is -0.891. The molecule has 0 bridgehead atoms. The monoisotopic (exact) mass is 91.0 g/mol. The van der Waals surface area contributed by atoms with Gasteiger partial charge in [0.05, 0.1) is 0 Å². The van der Waals surface area contributed by atoms with E-state index >= 15 is 0 Å². The third kappa shape index (κ3) is 0.213. The first-order chi connectivity index (χ1) is 2.79. The minimum Gasteiger partial charge on any atom is -0.372 e. The zero-order valence-electron chi connectivity index (χ0n) is 2.62. The van der Waals surface area contributed by atoms with Crippen molar-refractivity contribution in [2.45, 2.75) is 0 Å². The molecule has 34 valence electrons. The molecule has 0 saturated heterocycles. The Kier molecular flexibility index (Phi) is 0.346. The van der Waals surface area contributed by atoms with Gasteiger partial charge in [-0.25, -0.2) is 9.05 Å². The maximum Gasteiger partial charge on any atom is 0.568 e. The SMILES string of the molecule is O=c1on(O)o1. The molecule has 5 nitrogen and oxygen atoms in total. The van der Waals surface area contributed by atoms with Gasteiger partial charge in [-0.3, -0.25) is 0 Å². The molecule has 1 rings (SSSR count). The van der Waals surface area contributed by atoms with E-state index in [1.807, 2.05) is 0 Å². The van der Waals surface area contributed by atoms with Crippen molar-refractivity contribution in [1.82, 2.24) is 5.08 Å². The van der Waals surface area contributed by atoms with Crippen molar-refractivity contribution in [2.75, 3.05) is 0 Å². The maximum atomic E-state index is 9.46. The van der Waals surface area contributed by atoms with Crippen molar-refractivity contribution in [3.8, 4) is 0 Å². The van der Waals surface area contributed by atoms with Crippen LogP contribution in [0.5, 0.6) is 0 Å². The van der Waals surface area contributed by atoms with E-state index in [9.17, 15) is 4.79 Å². The van der Waals surface area contributed by atoms with Crippen molar-refractivity contribution < 1.29 is 14.3 Å². The van der Waals surface area contributed by atoms with Gasteiger partial charge in [0.25, 0.3) is 0 Å². The lowest BCUT2D eigenvalue weighted by Crippen LogP contribution is -2.13. The number of hydrogen-bond donors (Lipinski definition) is 1. The fourth-order valence-corrected chi connectivity index (χ4v) is 0.134. The number of nitrogens with zero attached hydrogens (tertiary/aromatic N) is 1. The number of rotatable bonds is 0. The molecule has 0 fully saturated rings. The van der Waals surface area contributed by atoms with Gasteiger partial charge in [0, 0.05) is 0 Å². The van der Waals surface area contributed by atoms with Crippen LogP contribution in [-0.2, 0) is 0 Å². The molecule has 0 aliphatic rings. The molecule has 0 aliphatic carbocycles. The second-order valence-corrected chi connectivity index (χ2v) is 0.670. The summed E-state index contributed by atoms with van der Waals surface area (Å²) in [5.41, 5.74) is 0. The Morgan fingerprint density at radius 2 is 2.17 bits per heavy atom. The average Bonchev–Trinajstić information content (AvgIpc) is 1.33. The zero-order valence-corrected chi connectivity index (χ0v) is 2.62. The van der Waals surface area contributed by atoms with Gasteiger partial charge in [0.15, 0.2) is 0 Å². The highest BCUT2D eigenvalue weighted by molar-refractivity contribution is 4.19. The van der Waals surface area contributed by atoms with Crippen LogP contribution in [0.4, 0.5) is 0 Å². The molecular weight excluding hydrogens is 90.0 g/mol. The second kappa shape index (κ2) is 0.675. The highest BCUT2D eigenvalue weighted by Gasteiger charge is 1.93. The third-order valence-electron chi connectivity index (χ3n) is 0.305. The molecular formula is CHNO4. The van der Waals surface area contributed by atoms with Crippen LogP contribution in [0.25, 0.3) is 0 Å². The Hall–Kier alpha value is -1.13. The van der Waals surface area contributed by atoms with Crippen LogP contribution >= 0.6 is 0 Å². The van der Waals surface area contributed by atoms with Crippen molar-refractivity contribution in [1.29, 1.82) is 0 Å². The highest BCUT2D eigenvalue weighted by Crippen LogP contribution is 1.67. The van der Waals surface area contributed by atoms with Gasteiger partial charge in [-0.2, -0.15) is 4.79 Å². The minimum absolute atomic E-state index is 0.0255. The Balaban J connectivity index is 3.06. The Bertz CT molecular complexity index is 151. The molecule has 0 unspecified atom stereocenters. The first kappa shape index (κ1) is 3.08. The Morgan fingerprint density at radius 3 is 2.17 bits per heavy atom. The van der Waals surface area contributed by atoms with Crippen LogP contribution in [0.2, 0.25) is 0 Å². The van der Waals surface area contributed by atoms with E-state index in [1.165, 1.54) is 0 Å². The van der Waals surface area contributed by atoms with Crippen molar-refractivity contribution in [2.24, 2.45) is 0 Å². The van der Waals surface area contributed by atoms with Crippen LogP contribution in [0.15, 0.2) is 13.8 Å². The van der Waals surface area contributed by atoms with E-state index in [0.717, 1.165) is 0 Å². The standard InChI is InChI=1S/CHNO4/c3-1-5-2(4)6-1/h4H. The Morgan fingerprint density at radius 1 is 1.67 bits per heavy atom. The average molecular weight is 91.0 g/mol. The normalized spacial score (nSPS) is 9.33. The van der Waals surface area contributed by atoms with Crippen LogP contribution < -0.4 is 5.82 Å². The fraction of sp³-hybridized carbons (Fsp3) is 0. The Labute approximate surface area is 31.3 Å². The van der Waals surface area contributed by atoms with E-state index in [-0.39, 0.29) is 5.08 Å². The molecule has 1 N–H and O–H groups in total. The second-order valence-electron chi connectivity index (χ2n) is 0.670. The van der Waals surface area contributed by atoms with E-state index in [1.54, 1.807) is 0 Å². The molecule has 0 atom stereocenters. The van der Waals surface area contributed by atoms with Crippen LogP contribution in [-0.4, -0.2) is 10.3 Å². The number of hydrogen-bond acceptors (Lipinski definition) is 4. The van der Waals surface area contributed by atoms with Gasteiger partial charge in [-0.05, 0) is 0 Å². The smallest absolute Gasteiger partial charge is 0.372 e. The summed E-state index contributed by atoms with van der Waals surface area (Å²) in [4.78, 5) is 9.46. The summed E-state index contributed by atoms with van der Waals surface area (Å²) < 4.78 is 7.33. The van der Waals surface area contributed by atoms with E-state index in [2.05, 4.69) is 9.05 Å². The lowest BCUT2D eigenvalue weighted by molar-refractivity contribution is -0.230. The molecule has 0 aliphatic heterocycles. The lowest BCUT2D eigenvalue weighted by atomic mass is 11.6. The van der Waals surface area contributed by atoms with Gasteiger partial charge in [0.2, 0.25) is 0 Å². The maximum absolute atomic E-state index is 9.46. The lowest BCUT2D eigenvalue weighted by Gasteiger charge is -1.86. The summed E-state index contributed by atoms with van der Waals surface area (Å²) in [7, 11) is 0. The predicted molar refractivity (Wildman–Crippen MR) is 12.4 cm³/mol. The molecule has 1 aromatic heterocycles. The fourth-order valence-electron chi connectivity index (χ4n) is 0.134. The van der Waals surface area contributed by atoms with Gasteiger partial charge in [0.1, 0.15) is 5.08 Å². The summed E-state index contributed by atoms with van der Waals surface area (Å²) in [5.74, 6) is -0.891. The van der Waals surface area contributed by atoms with Crippen molar-refractivity contribution in [3.05, 3.63) is 10.6 Å². The molecule has 6 heavy (non-hydrogen) atoms. The summed E-state index contributed by atoms with van der Waals surface area (Å²) in [6, 6.07) is 0. The highest BCUT2D eigenvalue weighted by atomic mass is 17.0. The van der Waals surface area contributed by atoms with Crippen LogP contribution in [0.3, 0.4) is 0 Å². The topological polar surface area (TPSA) is 68.5 Å². The molecule has 0 saturated carbocycles. The molecule has 0 radical (unpaired) electrons. The van der Waals surface area contributed by atoms with Gasteiger partial charge < -0.3 is 5.21 Å². The van der Waals surface area contributed by atoms with E-state index in [4.69, 9.17) is 5.21 Å². The largest absolute Gasteiger partial charge is 0.568 e. The molecule has 1 aromatic rings. The van der Waals surface area contributed by atoms with Gasteiger partial charge >= 0.3 is 5.82 Å². The summed E-state index contributed by atoms with van der Waals surface area (Å²) >= 11 is 0. The van der Waals surface area contributed by atoms with Gasteiger partial charge in [-0.15, -0.1) is 0 Å². The zero-order chi connectivity index (χ0) is 4.57. The first-order valence-corrected chi connectivity index (χ1v) is 1.18. The molecule has 5 heteroatoms. The summed E-state index contributed by atoms with van der Waals surface area (Å²) in [6.07, 6.45) is 0. The van der Waals surface area contributed by atoms with Gasteiger partial charge in [-0.1, -0.05) is 0 Å². The molecule has 0 aromatic carbocycles. The number of aromatic nitrogens is 1. The molecule has 1 heterocycles. The predicted octanol–water partition coefficient (Wildman–Crippen LogP) is -0.728. The van der Waals surface area contributed by atoms with E-state index < -0.39 is 5.82 Å². The summed E-state index contributed by atoms with van der Waals surface area (Å²) in [6.45, 7) is 0. The van der Waals surface area contributed by atoms with Crippen LogP contribution in [0, 0.1) is 0 Å². The van der Waals surface area contributed by atoms with Crippen molar-refractivity contribution >= 4 is 0 Å².